The molecule has 0 saturated heterocycles. The zero-order chi connectivity index (χ0) is 23.7. The second-order valence-electron chi connectivity index (χ2n) is 7.35. The number of benzene rings is 2. The Kier molecular flexibility index (Phi) is 6.03. The molecule has 5 rings (SSSR count). The molecule has 1 aliphatic carbocycles. The van der Waals surface area contributed by atoms with Crippen LogP contribution in [-0.2, 0) is 0 Å². The first kappa shape index (κ1) is 22.3. The number of halogens is 5. The molecule has 2 amide bonds. The van der Waals surface area contributed by atoms with Gasteiger partial charge in [-0.3, -0.25) is 5.32 Å². The Morgan fingerprint density at radius 3 is 2.36 bits per heavy atom. The number of fused-ring (bicyclic) bond motifs is 3. The zero-order valence-electron chi connectivity index (χ0n) is 16.7. The lowest BCUT2D eigenvalue weighted by atomic mass is 10.1. The average molecular weight is 465 g/mol. The number of hydrogen-bond donors (Lipinski definition) is 2. The van der Waals surface area contributed by atoms with E-state index in [0.717, 1.165) is 18.7 Å². The Labute approximate surface area is 184 Å². The van der Waals surface area contributed by atoms with Gasteiger partial charge in [-0.25, -0.2) is 31.7 Å². The molecule has 11 heteroatoms. The van der Waals surface area contributed by atoms with E-state index in [-0.39, 0.29) is 29.1 Å². The highest BCUT2D eigenvalue weighted by molar-refractivity contribution is 5.86. The number of anilines is 1. The van der Waals surface area contributed by atoms with Gasteiger partial charge in [0.1, 0.15) is 23.2 Å². The van der Waals surface area contributed by atoms with E-state index < -0.39 is 35.0 Å². The fourth-order valence-corrected chi connectivity index (χ4v) is 3.40. The number of nitrogens with two attached hydrogens (primary N) is 1. The standard InChI is InChI=1S/C12H8F3N3O2.C10H8F2O/c13-6-3-8(14)11(9(15)4-6)20-7-1-2-10(17-5-7)18-12(16)19;11-7-1-2-8(12)10-9(7)6-3-5(6)4-13-10/h1-5H,(H3,16,17,18,19);1-2,5-6H,3-4H2/t;5-,6-/m.1/s1. The number of nitrogens with one attached hydrogen (secondary N) is 1. The van der Waals surface area contributed by atoms with Gasteiger partial charge in [0.15, 0.2) is 29.0 Å². The number of primary amides is 1. The molecule has 0 bridgehead atoms. The van der Waals surface area contributed by atoms with Gasteiger partial charge < -0.3 is 15.2 Å². The largest absolute Gasteiger partial charge is 0.490 e. The highest BCUT2D eigenvalue weighted by atomic mass is 19.2. The molecule has 33 heavy (non-hydrogen) atoms. The van der Waals surface area contributed by atoms with Crippen LogP contribution in [0.1, 0.15) is 17.9 Å². The maximum Gasteiger partial charge on any atom is 0.317 e. The highest BCUT2D eigenvalue weighted by Gasteiger charge is 2.46. The molecule has 1 aliphatic heterocycles. The van der Waals surface area contributed by atoms with Crippen molar-refractivity contribution in [2.45, 2.75) is 12.3 Å². The SMILES string of the molecule is Fc1ccc(F)c2c1OC[C@H]1C[C@@H]21.NC(=O)Nc1ccc(Oc2c(F)cc(F)cc2F)cn1. The number of pyridine rings is 1. The van der Waals surface area contributed by atoms with E-state index in [1.807, 2.05) is 0 Å². The van der Waals surface area contributed by atoms with Crippen molar-refractivity contribution >= 4 is 11.8 Å². The summed E-state index contributed by atoms with van der Waals surface area (Å²) in [5, 5.41) is 2.20. The summed E-state index contributed by atoms with van der Waals surface area (Å²) in [7, 11) is 0. The van der Waals surface area contributed by atoms with Gasteiger partial charge in [0.2, 0.25) is 0 Å². The number of amides is 2. The maximum atomic E-state index is 13.3. The van der Waals surface area contributed by atoms with Gasteiger partial charge in [-0.15, -0.1) is 0 Å². The third-order valence-corrected chi connectivity index (χ3v) is 5.00. The van der Waals surface area contributed by atoms with Crippen LogP contribution in [0.2, 0.25) is 0 Å². The molecule has 2 heterocycles. The van der Waals surface area contributed by atoms with Gasteiger partial charge in [-0.05, 0) is 36.6 Å². The van der Waals surface area contributed by atoms with Crippen LogP contribution in [0.3, 0.4) is 0 Å². The number of hydrogen-bond acceptors (Lipinski definition) is 4. The molecule has 3 N–H and O–H groups in total. The number of nitrogens with zero attached hydrogens (tertiary/aromatic N) is 1. The van der Waals surface area contributed by atoms with Crippen molar-refractivity contribution in [3.8, 4) is 17.2 Å². The van der Waals surface area contributed by atoms with Crippen LogP contribution in [0, 0.1) is 35.0 Å². The fraction of sp³-hybridized carbons (Fsp3) is 0.182. The van der Waals surface area contributed by atoms with Crippen molar-refractivity contribution in [1.29, 1.82) is 0 Å². The van der Waals surface area contributed by atoms with Gasteiger partial charge in [0.25, 0.3) is 0 Å². The van der Waals surface area contributed by atoms with Crippen molar-refractivity contribution in [1.82, 2.24) is 4.98 Å². The molecule has 2 aromatic carbocycles. The monoisotopic (exact) mass is 465 g/mol. The molecule has 2 atom stereocenters. The lowest BCUT2D eigenvalue weighted by molar-refractivity contribution is 0.259. The minimum absolute atomic E-state index is 0.00410. The minimum atomic E-state index is -1.18. The molecular formula is C22H16F5N3O3. The second-order valence-corrected chi connectivity index (χ2v) is 7.35. The first-order valence-corrected chi connectivity index (χ1v) is 9.68. The zero-order valence-corrected chi connectivity index (χ0v) is 16.7. The molecular weight excluding hydrogens is 449 g/mol. The Morgan fingerprint density at radius 1 is 1.03 bits per heavy atom. The summed E-state index contributed by atoms with van der Waals surface area (Å²) in [4.78, 5) is 14.3. The number of ether oxygens (including phenoxy) is 2. The molecule has 1 saturated carbocycles. The maximum absolute atomic E-state index is 13.3. The Bertz CT molecular complexity index is 1180. The normalized spacial score (nSPS) is 17.5. The van der Waals surface area contributed by atoms with Gasteiger partial charge in [-0.2, -0.15) is 0 Å². The van der Waals surface area contributed by atoms with E-state index >= 15 is 0 Å². The summed E-state index contributed by atoms with van der Waals surface area (Å²) in [6.45, 7) is 0.540. The highest BCUT2D eigenvalue weighted by Crippen LogP contribution is 2.55. The van der Waals surface area contributed by atoms with E-state index in [1.165, 1.54) is 18.2 Å². The lowest BCUT2D eigenvalue weighted by Crippen LogP contribution is -2.19. The molecule has 172 valence electrons. The third kappa shape index (κ3) is 4.97. The molecule has 2 aliphatic rings. The summed E-state index contributed by atoms with van der Waals surface area (Å²) in [5.74, 6) is -4.01. The summed E-state index contributed by atoms with van der Waals surface area (Å²) in [5.41, 5.74) is 5.34. The van der Waals surface area contributed by atoms with E-state index in [2.05, 4.69) is 10.3 Å². The van der Waals surface area contributed by atoms with Gasteiger partial charge >= 0.3 is 6.03 Å². The number of urea groups is 1. The second kappa shape index (κ2) is 8.93. The van der Waals surface area contributed by atoms with Crippen molar-refractivity contribution in [3.63, 3.8) is 0 Å². The number of rotatable bonds is 3. The van der Waals surface area contributed by atoms with Crippen LogP contribution in [0.5, 0.6) is 17.2 Å². The van der Waals surface area contributed by atoms with Crippen LogP contribution in [0.15, 0.2) is 42.6 Å². The van der Waals surface area contributed by atoms with Crippen molar-refractivity contribution in [2.24, 2.45) is 11.7 Å². The van der Waals surface area contributed by atoms with Crippen LogP contribution in [-0.4, -0.2) is 17.6 Å². The van der Waals surface area contributed by atoms with Crippen molar-refractivity contribution < 1.29 is 36.2 Å². The van der Waals surface area contributed by atoms with E-state index in [0.29, 0.717) is 30.2 Å². The minimum Gasteiger partial charge on any atom is -0.490 e. The quantitative estimate of drug-likeness (QED) is 0.518. The van der Waals surface area contributed by atoms with E-state index in [4.69, 9.17) is 15.2 Å². The molecule has 0 radical (unpaired) electrons. The molecule has 3 aromatic rings. The summed E-state index contributed by atoms with van der Waals surface area (Å²) < 4.78 is 76.0. The van der Waals surface area contributed by atoms with Gasteiger partial charge in [0.05, 0.1) is 12.8 Å². The van der Waals surface area contributed by atoms with Gasteiger partial charge in [0, 0.05) is 23.6 Å². The third-order valence-electron chi connectivity index (χ3n) is 5.00. The predicted molar refractivity (Wildman–Crippen MR) is 107 cm³/mol. The fourth-order valence-electron chi connectivity index (χ4n) is 3.40. The lowest BCUT2D eigenvalue weighted by Gasteiger charge is -2.17. The summed E-state index contributed by atoms with van der Waals surface area (Å²) in [6.07, 6.45) is 2.06. The number of aromatic nitrogens is 1. The summed E-state index contributed by atoms with van der Waals surface area (Å²) >= 11 is 0. The number of carbonyl (C=O) groups excluding carboxylic acids is 1. The van der Waals surface area contributed by atoms with Gasteiger partial charge in [-0.1, -0.05) is 0 Å². The molecule has 0 spiro atoms. The predicted octanol–water partition coefficient (Wildman–Crippen LogP) is 5.24. The van der Waals surface area contributed by atoms with Crippen LogP contribution in [0.4, 0.5) is 32.6 Å². The summed E-state index contributed by atoms with van der Waals surface area (Å²) in [6, 6.07) is 5.11. The van der Waals surface area contributed by atoms with Crippen molar-refractivity contribution in [2.75, 3.05) is 11.9 Å². The average Bonchev–Trinajstić information content (AvgIpc) is 3.54. The Morgan fingerprint density at radius 2 is 1.73 bits per heavy atom. The molecule has 1 fully saturated rings. The molecule has 6 nitrogen and oxygen atoms in total. The van der Waals surface area contributed by atoms with E-state index in [9.17, 15) is 26.7 Å². The Balaban J connectivity index is 0.000000170. The Hall–Kier alpha value is -3.89. The van der Waals surface area contributed by atoms with Crippen molar-refractivity contribution in [3.05, 3.63) is 77.2 Å². The number of carbonyl (C=O) groups is 1. The first-order valence-electron chi connectivity index (χ1n) is 9.68. The van der Waals surface area contributed by atoms with Crippen LogP contribution >= 0.6 is 0 Å². The van der Waals surface area contributed by atoms with Crippen LogP contribution in [0.25, 0.3) is 0 Å². The molecule has 1 aromatic heterocycles. The first-order chi connectivity index (χ1) is 15.7. The topological polar surface area (TPSA) is 86.5 Å². The molecule has 0 unspecified atom stereocenters. The van der Waals surface area contributed by atoms with E-state index in [1.54, 1.807) is 0 Å². The smallest absolute Gasteiger partial charge is 0.317 e. The van der Waals surface area contributed by atoms with Crippen LogP contribution < -0.4 is 20.5 Å².